The van der Waals surface area contributed by atoms with E-state index in [4.69, 9.17) is 16.3 Å². The Balaban J connectivity index is 1.79. The highest BCUT2D eigenvalue weighted by Crippen LogP contribution is 2.30. The van der Waals surface area contributed by atoms with Gasteiger partial charge < -0.3 is 10.1 Å². The number of aryl methyl sites for hydroxylation is 1. The van der Waals surface area contributed by atoms with Crippen molar-refractivity contribution in [2.24, 2.45) is 0 Å². The normalized spacial score (nSPS) is 11.0. The van der Waals surface area contributed by atoms with Crippen molar-refractivity contribution < 1.29 is 9.53 Å². The Kier molecular flexibility index (Phi) is 8.35. The lowest BCUT2D eigenvalue weighted by molar-refractivity contribution is -0.112. The second-order valence-corrected chi connectivity index (χ2v) is 9.43. The lowest BCUT2D eigenvalue weighted by Crippen LogP contribution is -2.14. The molecule has 1 N–H and O–H groups in total. The second-order valence-electron chi connectivity index (χ2n) is 6.67. The van der Waals surface area contributed by atoms with Gasteiger partial charge in [-0.3, -0.25) is 4.79 Å². The molecule has 0 radical (unpaired) electrons. The van der Waals surface area contributed by atoms with Crippen LogP contribution in [0.15, 0.2) is 66.2 Å². The van der Waals surface area contributed by atoms with E-state index >= 15 is 0 Å². The first kappa shape index (κ1) is 23.6. The smallest absolute Gasteiger partial charge is 0.266 e. The van der Waals surface area contributed by atoms with E-state index in [0.717, 1.165) is 29.6 Å². The molecule has 31 heavy (non-hydrogen) atoms. The summed E-state index contributed by atoms with van der Waals surface area (Å²) in [6.07, 6.45) is 1.58. The predicted molar refractivity (Wildman–Crippen MR) is 141 cm³/mol. The number of carbonyl (C=O) groups excluding carboxylic acids is 1. The summed E-state index contributed by atoms with van der Waals surface area (Å²) >= 11 is 10.4. The van der Waals surface area contributed by atoms with Crippen LogP contribution < -0.4 is 10.1 Å². The molecule has 3 aromatic rings. The van der Waals surface area contributed by atoms with Crippen molar-refractivity contribution >= 4 is 74.5 Å². The molecule has 0 unspecified atom stereocenters. The van der Waals surface area contributed by atoms with Gasteiger partial charge in [0.1, 0.15) is 24.0 Å². The third-order valence-electron chi connectivity index (χ3n) is 4.36. The molecule has 0 spiro atoms. The fraction of sp³-hybridized carbons (Fsp3) is 0.0833. The Labute approximate surface area is 213 Å². The number of nitriles is 1. The lowest BCUT2D eigenvalue weighted by atomic mass is 10.1. The molecule has 0 saturated heterocycles. The van der Waals surface area contributed by atoms with Gasteiger partial charge in [0, 0.05) is 10.7 Å². The van der Waals surface area contributed by atoms with E-state index in [2.05, 4.69) is 50.5 Å². The summed E-state index contributed by atoms with van der Waals surface area (Å²) in [5.74, 6) is 0.310. The van der Waals surface area contributed by atoms with Gasteiger partial charge in [0.15, 0.2) is 0 Å². The molecular weight excluding hydrogens is 638 g/mol. The van der Waals surface area contributed by atoms with Gasteiger partial charge in [0.25, 0.3) is 5.91 Å². The summed E-state index contributed by atoms with van der Waals surface area (Å²) in [7, 11) is 0. The highest BCUT2D eigenvalue weighted by Gasteiger charge is 2.13. The number of hydrogen-bond acceptors (Lipinski definition) is 3. The topological polar surface area (TPSA) is 62.1 Å². The van der Waals surface area contributed by atoms with Gasteiger partial charge in [-0.2, -0.15) is 5.26 Å². The molecule has 1 amide bonds. The van der Waals surface area contributed by atoms with E-state index in [0.29, 0.717) is 17.3 Å². The zero-order valence-corrected chi connectivity index (χ0v) is 21.5. The van der Waals surface area contributed by atoms with Crippen LogP contribution in [0.5, 0.6) is 5.75 Å². The van der Waals surface area contributed by atoms with E-state index in [-0.39, 0.29) is 5.57 Å². The maximum atomic E-state index is 12.6. The van der Waals surface area contributed by atoms with Gasteiger partial charge in [-0.15, -0.1) is 0 Å². The van der Waals surface area contributed by atoms with Crippen LogP contribution in [0.4, 0.5) is 5.69 Å². The highest BCUT2D eigenvalue weighted by atomic mass is 127. The fourth-order valence-electron chi connectivity index (χ4n) is 2.80. The minimum atomic E-state index is -0.470. The van der Waals surface area contributed by atoms with Crippen LogP contribution >= 0.6 is 56.8 Å². The van der Waals surface area contributed by atoms with Crippen molar-refractivity contribution in [3.05, 3.63) is 95.1 Å². The Morgan fingerprint density at radius 2 is 1.81 bits per heavy atom. The Hall–Kier alpha value is -2.09. The number of rotatable bonds is 6. The summed E-state index contributed by atoms with van der Waals surface area (Å²) in [4.78, 5) is 12.6. The van der Waals surface area contributed by atoms with Crippen LogP contribution in [0, 0.1) is 25.4 Å². The summed E-state index contributed by atoms with van der Waals surface area (Å²) in [6, 6.07) is 20.9. The maximum absolute atomic E-state index is 12.6. The van der Waals surface area contributed by atoms with E-state index in [9.17, 15) is 10.1 Å². The number of carbonyl (C=O) groups is 1. The molecule has 0 aliphatic carbocycles. The standard InChI is InChI=1S/C24H17ClI2N2O2/c1-15-9-19(25)7-8-22(15)29-24(30)18(13-28)10-17-11-20(26)23(21(27)12-17)31-14-16-5-3-2-4-6-16/h2-12H,14H2,1H3,(H,29,30)/b18-10+. The molecule has 156 valence electrons. The number of benzene rings is 3. The average Bonchev–Trinajstić information content (AvgIpc) is 2.74. The minimum absolute atomic E-state index is 0.0129. The minimum Gasteiger partial charge on any atom is -0.487 e. The maximum Gasteiger partial charge on any atom is 0.266 e. The molecule has 0 aliphatic rings. The molecule has 4 nitrogen and oxygen atoms in total. The summed E-state index contributed by atoms with van der Waals surface area (Å²) < 4.78 is 7.80. The van der Waals surface area contributed by atoms with Crippen molar-refractivity contribution in [2.45, 2.75) is 13.5 Å². The third-order valence-corrected chi connectivity index (χ3v) is 6.20. The summed E-state index contributed by atoms with van der Waals surface area (Å²) in [6.45, 7) is 2.31. The first-order chi connectivity index (χ1) is 14.9. The first-order valence-electron chi connectivity index (χ1n) is 9.22. The van der Waals surface area contributed by atoms with E-state index in [1.54, 1.807) is 24.3 Å². The summed E-state index contributed by atoms with van der Waals surface area (Å²) in [5, 5.41) is 12.9. The van der Waals surface area contributed by atoms with Crippen LogP contribution in [0.2, 0.25) is 5.02 Å². The second kappa shape index (κ2) is 11.0. The zero-order chi connectivity index (χ0) is 22.4. The summed E-state index contributed by atoms with van der Waals surface area (Å²) in [5.41, 5.74) is 3.28. The van der Waals surface area contributed by atoms with Crippen molar-refractivity contribution in [3.63, 3.8) is 0 Å². The molecule has 0 heterocycles. The van der Waals surface area contributed by atoms with Crippen LogP contribution in [-0.4, -0.2) is 5.91 Å². The molecule has 3 aromatic carbocycles. The fourth-order valence-corrected chi connectivity index (χ4v) is 5.16. The highest BCUT2D eigenvalue weighted by molar-refractivity contribution is 14.1. The number of amides is 1. The predicted octanol–water partition coefficient (Wildman–Crippen LogP) is 6.98. The van der Waals surface area contributed by atoms with Crippen LogP contribution in [0.3, 0.4) is 0 Å². The number of hydrogen-bond donors (Lipinski definition) is 1. The van der Waals surface area contributed by atoms with Crippen molar-refractivity contribution in [1.82, 2.24) is 0 Å². The van der Waals surface area contributed by atoms with Crippen LogP contribution in [0.1, 0.15) is 16.7 Å². The molecule has 0 aliphatic heterocycles. The number of nitrogens with one attached hydrogen (secondary N) is 1. The number of halogens is 3. The van der Waals surface area contributed by atoms with E-state index in [1.807, 2.05) is 55.5 Å². The van der Waals surface area contributed by atoms with Gasteiger partial charge in [0.05, 0.1) is 7.14 Å². The molecule has 0 aromatic heterocycles. The molecule has 3 rings (SSSR count). The molecule has 0 atom stereocenters. The monoisotopic (exact) mass is 654 g/mol. The number of ether oxygens (including phenoxy) is 1. The Morgan fingerprint density at radius 1 is 1.13 bits per heavy atom. The SMILES string of the molecule is Cc1cc(Cl)ccc1NC(=O)/C(C#N)=C/c1cc(I)c(OCc2ccccc2)c(I)c1. The molecule has 0 bridgehead atoms. The van der Waals surface area contributed by atoms with Crippen molar-refractivity contribution in [3.8, 4) is 11.8 Å². The number of anilines is 1. The van der Waals surface area contributed by atoms with Gasteiger partial charge in [-0.25, -0.2) is 0 Å². The molecular formula is C24H17ClI2N2O2. The van der Waals surface area contributed by atoms with Crippen molar-refractivity contribution in [1.29, 1.82) is 5.26 Å². The largest absolute Gasteiger partial charge is 0.487 e. The molecule has 0 fully saturated rings. The van der Waals surface area contributed by atoms with Gasteiger partial charge >= 0.3 is 0 Å². The third kappa shape index (κ3) is 6.45. The lowest BCUT2D eigenvalue weighted by Gasteiger charge is -2.12. The number of nitrogens with zero attached hydrogens (tertiary/aromatic N) is 1. The van der Waals surface area contributed by atoms with Gasteiger partial charge in [-0.1, -0.05) is 41.9 Å². The van der Waals surface area contributed by atoms with Crippen LogP contribution in [0.25, 0.3) is 6.08 Å². The van der Waals surface area contributed by atoms with Crippen molar-refractivity contribution in [2.75, 3.05) is 5.32 Å². The first-order valence-corrected chi connectivity index (χ1v) is 11.8. The average molecular weight is 655 g/mol. The van der Waals surface area contributed by atoms with Gasteiger partial charge in [0.2, 0.25) is 0 Å². The molecule has 7 heteroatoms. The van der Waals surface area contributed by atoms with E-state index in [1.165, 1.54) is 0 Å². The van der Waals surface area contributed by atoms with Gasteiger partial charge in [-0.05, 0) is 105 Å². The van der Waals surface area contributed by atoms with E-state index < -0.39 is 5.91 Å². The zero-order valence-electron chi connectivity index (χ0n) is 16.5. The Bertz CT molecular complexity index is 1160. The van der Waals surface area contributed by atoms with Crippen LogP contribution in [-0.2, 0) is 11.4 Å². The molecule has 0 saturated carbocycles. The Morgan fingerprint density at radius 3 is 2.42 bits per heavy atom. The quantitative estimate of drug-likeness (QED) is 0.177.